The lowest BCUT2D eigenvalue weighted by atomic mass is 10.2. The predicted molar refractivity (Wildman–Crippen MR) is 76.9 cm³/mol. The van der Waals surface area contributed by atoms with Crippen molar-refractivity contribution in [3.05, 3.63) is 28.8 Å². The lowest BCUT2D eigenvalue weighted by Crippen LogP contribution is -2.25. The van der Waals surface area contributed by atoms with Gasteiger partial charge in [0.25, 0.3) is 0 Å². The number of carboxylic acid groups (broad SMARTS) is 1. The van der Waals surface area contributed by atoms with Crippen LogP contribution in [0.2, 0.25) is 5.02 Å². The summed E-state index contributed by atoms with van der Waals surface area (Å²) in [6.07, 6.45) is 0. The van der Waals surface area contributed by atoms with E-state index in [1.807, 2.05) is 0 Å². The normalized spacial score (nSPS) is 10.9. The summed E-state index contributed by atoms with van der Waals surface area (Å²) in [5.41, 5.74) is 0.323. The minimum Gasteiger partial charge on any atom is -0.478 e. The van der Waals surface area contributed by atoms with Crippen LogP contribution in [0.3, 0.4) is 0 Å². The molecule has 0 aliphatic heterocycles. The summed E-state index contributed by atoms with van der Waals surface area (Å²) in [7, 11) is 0. The molecule has 3 nitrogen and oxygen atoms in total. The molecule has 0 aliphatic carbocycles. The van der Waals surface area contributed by atoms with Crippen LogP contribution in [0.25, 0.3) is 0 Å². The molecule has 0 fully saturated rings. The van der Waals surface area contributed by atoms with E-state index in [1.165, 1.54) is 0 Å². The van der Waals surface area contributed by atoms with Crippen LogP contribution in [0, 0.1) is 0 Å². The molecule has 0 amide bonds. The van der Waals surface area contributed by atoms with Crippen molar-refractivity contribution < 1.29 is 9.90 Å². The Kier molecular flexibility index (Phi) is 6.54. The SMILES string of the molecule is CCN(CC)CCSc1cc(Cl)ccc1C(=O)O. The van der Waals surface area contributed by atoms with E-state index in [2.05, 4.69) is 18.7 Å². The molecular weight excluding hydrogens is 270 g/mol. The largest absolute Gasteiger partial charge is 0.478 e. The number of aromatic carboxylic acids is 1. The highest BCUT2D eigenvalue weighted by atomic mass is 35.5. The molecule has 1 aromatic rings. The van der Waals surface area contributed by atoms with Gasteiger partial charge in [0.15, 0.2) is 0 Å². The zero-order chi connectivity index (χ0) is 13.5. The summed E-state index contributed by atoms with van der Waals surface area (Å²) < 4.78 is 0. The highest BCUT2D eigenvalue weighted by Crippen LogP contribution is 2.26. The highest BCUT2D eigenvalue weighted by molar-refractivity contribution is 7.99. The molecule has 1 rings (SSSR count). The summed E-state index contributed by atoms with van der Waals surface area (Å²) in [5.74, 6) is -0.0422. The molecule has 18 heavy (non-hydrogen) atoms. The molecule has 0 heterocycles. The third-order valence-electron chi connectivity index (χ3n) is 2.73. The second-order valence-electron chi connectivity index (χ2n) is 3.82. The van der Waals surface area contributed by atoms with Gasteiger partial charge in [-0.2, -0.15) is 0 Å². The van der Waals surface area contributed by atoms with Crippen molar-refractivity contribution in [2.45, 2.75) is 18.7 Å². The third-order valence-corrected chi connectivity index (χ3v) is 4.00. The zero-order valence-corrected chi connectivity index (χ0v) is 12.2. The van der Waals surface area contributed by atoms with Crippen molar-refractivity contribution >= 4 is 29.3 Å². The van der Waals surface area contributed by atoms with Crippen molar-refractivity contribution in [3.63, 3.8) is 0 Å². The van der Waals surface area contributed by atoms with Crippen molar-refractivity contribution in [2.75, 3.05) is 25.4 Å². The Morgan fingerprint density at radius 1 is 1.39 bits per heavy atom. The number of halogens is 1. The molecule has 0 bridgehead atoms. The number of rotatable bonds is 7. The summed E-state index contributed by atoms with van der Waals surface area (Å²) in [4.78, 5) is 14.1. The molecule has 0 aromatic heterocycles. The zero-order valence-electron chi connectivity index (χ0n) is 10.6. The Labute approximate surface area is 117 Å². The predicted octanol–water partition coefficient (Wildman–Crippen LogP) is 3.47. The van der Waals surface area contributed by atoms with E-state index in [-0.39, 0.29) is 0 Å². The average molecular weight is 288 g/mol. The van der Waals surface area contributed by atoms with Crippen LogP contribution in [-0.4, -0.2) is 41.4 Å². The molecule has 0 unspecified atom stereocenters. The summed E-state index contributed by atoms with van der Waals surface area (Å²) in [6.45, 7) is 7.21. The van der Waals surface area contributed by atoms with E-state index < -0.39 is 5.97 Å². The lowest BCUT2D eigenvalue weighted by molar-refractivity contribution is 0.0693. The van der Waals surface area contributed by atoms with E-state index >= 15 is 0 Å². The number of thioether (sulfide) groups is 1. The second-order valence-corrected chi connectivity index (χ2v) is 5.39. The smallest absolute Gasteiger partial charge is 0.336 e. The minimum atomic E-state index is -0.906. The molecule has 0 aliphatic rings. The van der Waals surface area contributed by atoms with Gasteiger partial charge in [-0.05, 0) is 31.3 Å². The molecule has 0 atom stereocenters. The van der Waals surface area contributed by atoms with E-state index in [1.54, 1.807) is 30.0 Å². The Morgan fingerprint density at radius 2 is 2.06 bits per heavy atom. The Hall–Kier alpha value is -0.710. The van der Waals surface area contributed by atoms with E-state index in [0.717, 1.165) is 30.3 Å². The van der Waals surface area contributed by atoms with Crippen molar-refractivity contribution in [2.24, 2.45) is 0 Å². The van der Waals surface area contributed by atoms with Crippen LogP contribution in [0.4, 0.5) is 0 Å². The molecule has 1 aromatic carbocycles. The molecule has 0 saturated heterocycles. The van der Waals surface area contributed by atoms with E-state index in [4.69, 9.17) is 16.7 Å². The number of carboxylic acids is 1. The summed E-state index contributed by atoms with van der Waals surface area (Å²) in [5, 5.41) is 9.66. The topological polar surface area (TPSA) is 40.5 Å². The van der Waals surface area contributed by atoms with Crippen molar-refractivity contribution in [3.8, 4) is 0 Å². The highest BCUT2D eigenvalue weighted by Gasteiger charge is 2.11. The Bertz CT molecular complexity index is 408. The molecular formula is C13H18ClNO2S. The number of benzene rings is 1. The van der Waals surface area contributed by atoms with Gasteiger partial charge in [-0.25, -0.2) is 4.79 Å². The van der Waals surface area contributed by atoms with Gasteiger partial charge in [-0.3, -0.25) is 0 Å². The lowest BCUT2D eigenvalue weighted by Gasteiger charge is -2.17. The fourth-order valence-electron chi connectivity index (χ4n) is 1.62. The Balaban J connectivity index is 2.66. The van der Waals surface area contributed by atoms with E-state index in [0.29, 0.717) is 10.6 Å². The average Bonchev–Trinajstić information content (AvgIpc) is 2.34. The fourth-order valence-corrected chi connectivity index (χ4v) is 2.94. The van der Waals surface area contributed by atoms with Crippen LogP contribution in [0.15, 0.2) is 23.1 Å². The fraction of sp³-hybridized carbons (Fsp3) is 0.462. The first-order valence-electron chi connectivity index (χ1n) is 5.96. The Morgan fingerprint density at radius 3 is 2.61 bits per heavy atom. The van der Waals surface area contributed by atoms with Gasteiger partial charge in [0, 0.05) is 22.2 Å². The van der Waals surface area contributed by atoms with Crippen molar-refractivity contribution in [1.82, 2.24) is 4.90 Å². The van der Waals surface area contributed by atoms with Gasteiger partial charge in [0.1, 0.15) is 0 Å². The van der Waals surface area contributed by atoms with Crippen LogP contribution in [0.5, 0.6) is 0 Å². The maximum absolute atomic E-state index is 11.1. The molecule has 5 heteroatoms. The monoisotopic (exact) mass is 287 g/mol. The number of carbonyl (C=O) groups is 1. The first-order valence-corrected chi connectivity index (χ1v) is 7.32. The maximum atomic E-state index is 11.1. The van der Waals surface area contributed by atoms with Gasteiger partial charge in [0.2, 0.25) is 0 Å². The standard InChI is InChI=1S/C13H18ClNO2S/c1-3-15(4-2)7-8-18-12-9-10(14)5-6-11(12)13(16)17/h5-6,9H,3-4,7-8H2,1-2H3,(H,16,17). The second kappa shape index (κ2) is 7.67. The van der Waals surface area contributed by atoms with Crippen LogP contribution < -0.4 is 0 Å². The molecule has 0 spiro atoms. The third kappa shape index (κ3) is 4.52. The number of hydrogen-bond acceptors (Lipinski definition) is 3. The van der Waals surface area contributed by atoms with Gasteiger partial charge >= 0.3 is 5.97 Å². The quantitative estimate of drug-likeness (QED) is 0.780. The van der Waals surface area contributed by atoms with Crippen LogP contribution in [0.1, 0.15) is 24.2 Å². The van der Waals surface area contributed by atoms with Gasteiger partial charge in [-0.1, -0.05) is 25.4 Å². The maximum Gasteiger partial charge on any atom is 0.336 e. The molecule has 100 valence electrons. The first kappa shape index (κ1) is 15.3. The van der Waals surface area contributed by atoms with Crippen LogP contribution >= 0.6 is 23.4 Å². The minimum absolute atomic E-state index is 0.323. The van der Waals surface area contributed by atoms with E-state index in [9.17, 15) is 4.79 Å². The molecule has 0 radical (unpaired) electrons. The van der Waals surface area contributed by atoms with Crippen LogP contribution in [-0.2, 0) is 0 Å². The summed E-state index contributed by atoms with van der Waals surface area (Å²) in [6, 6.07) is 4.89. The number of nitrogens with zero attached hydrogens (tertiary/aromatic N) is 1. The summed E-state index contributed by atoms with van der Waals surface area (Å²) >= 11 is 7.44. The molecule has 0 saturated carbocycles. The first-order chi connectivity index (χ1) is 8.58. The molecule has 1 N–H and O–H groups in total. The number of hydrogen-bond donors (Lipinski definition) is 1. The van der Waals surface area contributed by atoms with Gasteiger partial charge in [0.05, 0.1) is 5.56 Å². The van der Waals surface area contributed by atoms with Crippen molar-refractivity contribution in [1.29, 1.82) is 0 Å². The van der Waals surface area contributed by atoms with Gasteiger partial charge in [-0.15, -0.1) is 11.8 Å². The van der Waals surface area contributed by atoms with Gasteiger partial charge < -0.3 is 10.0 Å².